The normalized spacial score (nSPS) is 18.6. The molecule has 2 amide bonds. The molecule has 0 aliphatic carbocycles. The highest BCUT2D eigenvalue weighted by molar-refractivity contribution is 6.04. The Labute approximate surface area is 176 Å². The summed E-state index contributed by atoms with van der Waals surface area (Å²) < 4.78 is 10.5. The van der Waals surface area contributed by atoms with Crippen molar-refractivity contribution in [1.29, 1.82) is 0 Å². The summed E-state index contributed by atoms with van der Waals surface area (Å²) in [5, 5.41) is 2.89. The molecule has 158 valence electrons. The largest absolute Gasteiger partial charge is 0.497 e. The highest BCUT2D eigenvalue weighted by atomic mass is 16.5. The number of carbonyl (C=O) groups excluding carboxylic acids is 2. The van der Waals surface area contributed by atoms with Crippen molar-refractivity contribution in [1.82, 2.24) is 0 Å². The van der Waals surface area contributed by atoms with Gasteiger partial charge in [0.2, 0.25) is 11.8 Å². The molecular weight excluding hydrogens is 382 g/mol. The van der Waals surface area contributed by atoms with Crippen LogP contribution < -0.4 is 24.6 Å². The topological polar surface area (TPSA) is 71.1 Å². The molecule has 1 unspecified atom stereocenters. The summed E-state index contributed by atoms with van der Waals surface area (Å²) in [4.78, 5) is 29.5. The van der Waals surface area contributed by atoms with Crippen LogP contribution in [0.2, 0.25) is 0 Å². The third kappa shape index (κ3) is 4.06. The first kappa shape index (κ1) is 20.1. The van der Waals surface area contributed by atoms with Crippen molar-refractivity contribution in [3.63, 3.8) is 0 Å². The smallest absolute Gasteiger partial charge is 0.229 e. The van der Waals surface area contributed by atoms with E-state index in [-0.39, 0.29) is 18.2 Å². The molecular formula is C23H27N3O4. The molecule has 0 spiro atoms. The zero-order chi connectivity index (χ0) is 21.1. The number of hydrogen-bond acceptors (Lipinski definition) is 5. The average Bonchev–Trinajstić information content (AvgIpc) is 3.44. The second-order valence-electron chi connectivity index (χ2n) is 7.67. The SMILES string of the molecule is COc1ccc(OC)c(NC(=O)C2CC(=O)N(c3ccc(N4CCCC4)cc3)C2)c1. The molecule has 4 rings (SSSR count). The number of amides is 2. The van der Waals surface area contributed by atoms with Crippen LogP contribution >= 0.6 is 0 Å². The minimum Gasteiger partial charge on any atom is -0.497 e. The zero-order valence-electron chi connectivity index (χ0n) is 17.4. The van der Waals surface area contributed by atoms with E-state index in [1.165, 1.54) is 18.5 Å². The van der Waals surface area contributed by atoms with Gasteiger partial charge in [-0.3, -0.25) is 9.59 Å². The van der Waals surface area contributed by atoms with Crippen LogP contribution in [0.4, 0.5) is 17.1 Å². The molecule has 2 saturated heterocycles. The van der Waals surface area contributed by atoms with Gasteiger partial charge in [-0.25, -0.2) is 0 Å². The summed E-state index contributed by atoms with van der Waals surface area (Å²) in [6.45, 7) is 2.52. The van der Waals surface area contributed by atoms with Gasteiger partial charge in [-0.1, -0.05) is 0 Å². The molecule has 2 heterocycles. The Morgan fingerprint density at radius 3 is 2.37 bits per heavy atom. The number of ether oxygens (including phenoxy) is 2. The molecule has 1 N–H and O–H groups in total. The number of methoxy groups -OCH3 is 2. The standard InChI is InChI=1S/C23H27N3O4/c1-29-19-9-10-21(30-2)20(14-19)24-23(28)16-13-22(27)26(15-16)18-7-5-17(6-8-18)25-11-3-4-12-25/h5-10,14,16H,3-4,11-13,15H2,1-2H3,(H,24,28). The molecule has 2 aliphatic rings. The van der Waals surface area contributed by atoms with Gasteiger partial charge in [0.1, 0.15) is 11.5 Å². The van der Waals surface area contributed by atoms with Crippen LogP contribution in [0.3, 0.4) is 0 Å². The second kappa shape index (κ2) is 8.65. The Hall–Kier alpha value is -3.22. The van der Waals surface area contributed by atoms with E-state index < -0.39 is 5.92 Å². The lowest BCUT2D eigenvalue weighted by molar-refractivity contribution is -0.122. The van der Waals surface area contributed by atoms with E-state index in [4.69, 9.17) is 9.47 Å². The molecule has 1 atom stereocenters. The summed E-state index contributed by atoms with van der Waals surface area (Å²) in [5.41, 5.74) is 2.54. The van der Waals surface area contributed by atoms with E-state index in [9.17, 15) is 9.59 Å². The highest BCUT2D eigenvalue weighted by Crippen LogP contribution is 2.32. The van der Waals surface area contributed by atoms with Crippen LogP contribution in [0.25, 0.3) is 0 Å². The fourth-order valence-electron chi connectivity index (χ4n) is 4.10. The number of nitrogens with zero attached hydrogens (tertiary/aromatic N) is 2. The second-order valence-corrected chi connectivity index (χ2v) is 7.67. The number of anilines is 3. The molecule has 2 aliphatic heterocycles. The van der Waals surface area contributed by atoms with Gasteiger partial charge in [-0.2, -0.15) is 0 Å². The molecule has 0 saturated carbocycles. The number of carbonyl (C=O) groups is 2. The lowest BCUT2D eigenvalue weighted by Crippen LogP contribution is -2.28. The maximum absolute atomic E-state index is 12.8. The van der Waals surface area contributed by atoms with Crippen molar-refractivity contribution in [2.45, 2.75) is 19.3 Å². The van der Waals surface area contributed by atoms with Crippen molar-refractivity contribution in [2.75, 3.05) is 49.0 Å². The minimum absolute atomic E-state index is 0.0401. The van der Waals surface area contributed by atoms with Crippen LogP contribution in [0, 0.1) is 5.92 Å². The van der Waals surface area contributed by atoms with Crippen LogP contribution in [0.15, 0.2) is 42.5 Å². The molecule has 30 heavy (non-hydrogen) atoms. The molecule has 7 nitrogen and oxygen atoms in total. The van der Waals surface area contributed by atoms with Crippen LogP contribution in [0.5, 0.6) is 11.5 Å². The first-order valence-corrected chi connectivity index (χ1v) is 10.3. The fraction of sp³-hybridized carbons (Fsp3) is 0.391. The monoisotopic (exact) mass is 409 g/mol. The Morgan fingerprint density at radius 2 is 1.70 bits per heavy atom. The first-order valence-electron chi connectivity index (χ1n) is 10.3. The molecule has 2 aromatic carbocycles. The number of benzene rings is 2. The third-order valence-corrected chi connectivity index (χ3v) is 5.79. The van der Waals surface area contributed by atoms with Crippen molar-refractivity contribution in [2.24, 2.45) is 5.92 Å². The van der Waals surface area contributed by atoms with Gasteiger partial charge >= 0.3 is 0 Å². The van der Waals surface area contributed by atoms with E-state index in [1.54, 1.807) is 37.3 Å². The molecule has 0 bridgehead atoms. The molecule has 2 aromatic rings. The average molecular weight is 409 g/mol. The lowest BCUT2D eigenvalue weighted by Gasteiger charge is -2.21. The van der Waals surface area contributed by atoms with Crippen molar-refractivity contribution in [3.8, 4) is 11.5 Å². The number of nitrogens with one attached hydrogen (secondary N) is 1. The maximum atomic E-state index is 12.8. The summed E-state index contributed by atoms with van der Waals surface area (Å²) in [5.74, 6) is 0.496. The third-order valence-electron chi connectivity index (χ3n) is 5.79. The maximum Gasteiger partial charge on any atom is 0.229 e. The predicted molar refractivity (Wildman–Crippen MR) is 117 cm³/mol. The van der Waals surface area contributed by atoms with Gasteiger partial charge in [0.25, 0.3) is 0 Å². The quantitative estimate of drug-likeness (QED) is 0.793. The fourth-order valence-corrected chi connectivity index (χ4v) is 4.10. The van der Waals surface area contributed by atoms with Crippen LogP contribution in [-0.2, 0) is 9.59 Å². The minimum atomic E-state index is -0.424. The summed E-state index contributed by atoms with van der Waals surface area (Å²) in [7, 11) is 3.11. The number of hydrogen-bond donors (Lipinski definition) is 1. The zero-order valence-corrected chi connectivity index (χ0v) is 17.4. The van der Waals surface area contributed by atoms with Crippen LogP contribution in [0.1, 0.15) is 19.3 Å². The predicted octanol–water partition coefficient (Wildman–Crippen LogP) is 3.30. The van der Waals surface area contributed by atoms with E-state index in [2.05, 4.69) is 22.3 Å². The number of rotatable bonds is 6. The van der Waals surface area contributed by atoms with Gasteiger partial charge in [-0.15, -0.1) is 0 Å². The van der Waals surface area contributed by atoms with Gasteiger partial charge in [0.15, 0.2) is 0 Å². The van der Waals surface area contributed by atoms with E-state index in [0.717, 1.165) is 18.8 Å². The summed E-state index contributed by atoms with van der Waals surface area (Å²) in [6.07, 6.45) is 2.63. The first-order chi connectivity index (χ1) is 14.6. The van der Waals surface area contributed by atoms with Crippen molar-refractivity contribution >= 4 is 28.9 Å². The van der Waals surface area contributed by atoms with Crippen molar-refractivity contribution in [3.05, 3.63) is 42.5 Å². The molecule has 7 heteroatoms. The Bertz CT molecular complexity index is 923. The summed E-state index contributed by atoms with van der Waals surface area (Å²) in [6, 6.07) is 13.3. The van der Waals surface area contributed by atoms with Crippen molar-refractivity contribution < 1.29 is 19.1 Å². The van der Waals surface area contributed by atoms with Gasteiger partial charge < -0.3 is 24.6 Å². The molecule has 0 radical (unpaired) electrons. The molecule has 2 fully saturated rings. The lowest BCUT2D eigenvalue weighted by atomic mass is 10.1. The Balaban J connectivity index is 1.43. The highest BCUT2D eigenvalue weighted by Gasteiger charge is 2.35. The van der Waals surface area contributed by atoms with Gasteiger partial charge in [-0.05, 0) is 49.2 Å². The Kier molecular flexibility index (Phi) is 5.79. The van der Waals surface area contributed by atoms with Crippen LogP contribution in [-0.4, -0.2) is 45.7 Å². The van der Waals surface area contributed by atoms with E-state index >= 15 is 0 Å². The van der Waals surface area contributed by atoms with E-state index in [0.29, 0.717) is 23.7 Å². The van der Waals surface area contributed by atoms with Gasteiger partial charge in [0.05, 0.1) is 25.8 Å². The Morgan fingerprint density at radius 1 is 1.00 bits per heavy atom. The van der Waals surface area contributed by atoms with E-state index in [1.807, 2.05) is 12.1 Å². The summed E-state index contributed by atoms with van der Waals surface area (Å²) >= 11 is 0. The van der Waals surface area contributed by atoms with Gasteiger partial charge in [0, 0.05) is 43.5 Å². The molecule has 0 aromatic heterocycles.